The van der Waals surface area contributed by atoms with Gasteiger partial charge < -0.3 is 36.2 Å². The molecule has 5 atom stereocenters. The Hall–Kier alpha value is -3.21. The molecule has 2 fully saturated rings. The summed E-state index contributed by atoms with van der Waals surface area (Å²) in [6, 6.07) is 3.59. The average molecular weight is 569 g/mol. The first kappa shape index (κ1) is 29.3. The molecule has 7 N–H and O–H groups in total. The third-order valence-electron chi connectivity index (χ3n) is 9.95. The molecule has 4 aliphatic rings. The number of likely N-dealkylation sites (tertiary alicyclic amines) is 1. The summed E-state index contributed by atoms with van der Waals surface area (Å²) in [7, 11) is 0. The van der Waals surface area contributed by atoms with Crippen LogP contribution in [0.3, 0.4) is 0 Å². The summed E-state index contributed by atoms with van der Waals surface area (Å²) >= 11 is 0. The Balaban J connectivity index is 1.55. The van der Waals surface area contributed by atoms with Crippen LogP contribution in [0.25, 0.3) is 5.76 Å². The Bertz CT molecular complexity index is 1370. The van der Waals surface area contributed by atoms with E-state index in [4.69, 9.17) is 5.73 Å². The molecule has 1 aromatic carbocycles. The maximum absolute atomic E-state index is 13.9. The zero-order chi connectivity index (χ0) is 30.0. The van der Waals surface area contributed by atoms with E-state index in [0.717, 1.165) is 32.5 Å². The molecule has 10 nitrogen and oxygen atoms in total. The van der Waals surface area contributed by atoms with Gasteiger partial charge in [-0.05, 0) is 62.2 Å². The predicted octanol–water partition coefficient (Wildman–Crippen LogP) is 2.50. The number of amides is 1. The van der Waals surface area contributed by atoms with Crippen LogP contribution < -0.4 is 5.73 Å². The Morgan fingerprint density at radius 3 is 2.41 bits per heavy atom. The van der Waals surface area contributed by atoms with Crippen LogP contribution in [0.5, 0.6) is 5.75 Å². The standard InChI is InChI=1S/C31H40N2O8/c1-15-16-8-9-17(30(2,3)10-7-13-33-11-5-4-6-12-33)24(35)21(16)26(37)23-20(15)25(36)18-14-19(34)22(29(32)40)27(38)31(18,41)28(23)39/h8-9,15,18,20,25,35-38,41H,4-7,10-14H2,1-3H3,(H2,32,40). The highest BCUT2D eigenvalue weighted by molar-refractivity contribution is 6.23. The van der Waals surface area contributed by atoms with E-state index in [9.17, 15) is 39.9 Å². The number of aromatic hydroxyl groups is 1. The Kier molecular flexibility index (Phi) is 7.33. The number of rotatable bonds is 6. The molecule has 5 unspecified atom stereocenters. The van der Waals surface area contributed by atoms with E-state index in [0.29, 0.717) is 11.1 Å². The number of benzene rings is 1. The molecule has 1 heterocycles. The fraction of sp³-hybridized carbons (Fsp3) is 0.581. The molecule has 1 aliphatic heterocycles. The van der Waals surface area contributed by atoms with Crippen LogP contribution in [-0.4, -0.2) is 79.2 Å². The van der Waals surface area contributed by atoms with Gasteiger partial charge in [0.25, 0.3) is 5.91 Å². The number of piperidine rings is 1. The SMILES string of the molecule is CC1c2ccc(C(C)(C)CCCN3CCCCC3)c(O)c2C(O)=C2C(=O)C3(O)C(O)=C(C(N)=O)C(=O)CC3C(O)C21. The number of carbonyl (C=O) groups excluding carboxylic acids is 3. The van der Waals surface area contributed by atoms with Crippen molar-refractivity contribution in [2.45, 2.75) is 82.3 Å². The van der Waals surface area contributed by atoms with Crippen molar-refractivity contribution in [3.05, 3.63) is 45.7 Å². The van der Waals surface area contributed by atoms with Crippen molar-refractivity contribution in [3.63, 3.8) is 0 Å². The van der Waals surface area contributed by atoms with Crippen molar-refractivity contribution >= 4 is 23.2 Å². The minimum absolute atomic E-state index is 0.0402. The molecule has 0 bridgehead atoms. The van der Waals surface area contributed by atoms with Gasteiger partial charge in [0, 0.05) is 29.4 Å². The number of primary amides is 1. The van der Waals surface area contributed by atoms with Crippen molar-refractivity contribution in [1.29, 1.82) is 0 Å². The first-order valence-electron chi connectivity index (χ1n) is 14.5. The van der Waals surface area contributed by atoms with Crippen molar-refractivity contribution in [2.75, 3.05) is 19.6 Å². The van der Waals surface area contributed by atoms with Crippen molar-refractivity contribution in [2.24, 2.45) is 17.6 Å². The number of carbonyl (C=O) groups is 3. The van der Waals surface area contributed by atoms with Crippen molar-refractivity contribution in [1.82, 2.24) is 4.90 Å². The van der Waals surface area contributed by atoms with Gasteiger partial charge in [0.1, 0.15) is 22.8 Å². The summed E-state index contributed by atoms with van der Waals surface area (Å²) in [5.41, 5.74) is 1.82. The van der Waals surface area contributed by atoms with Crippen LogP contribution in [0.4, 0.5) is 0 Å². The lowest BCUT2D eigenvalue weighted by atomic mass is 9.55. The Labute approximate surface area is 239 Å². The third kappa shape index (κ3) is 4.38. The summed E-state index contributed by atoms with van der Waals surface area (Å²) in [5.74, 6) is -8.43. The highest BCUT2D eigenvalue weighted by atomic mass is 16.4. The van der Waals surface area contributed by atoms with Crippen molar-refractivity contribution in [3.8, 4) is 5.75 Å². The molecule has 222 valence electrons. The third-order valence-corrected chi connectivity index (χ3v) is 9.95. The molecule has 1 amide bonds. The monoisotopic (exact) mass is 568 g/mol. The fourth-order valence-corrected chi connectivity index (χ4v) is 7.61. The number of hydrogen-bond acceptors (Lipinski definition) is 9. The van der Waals surface area contributed by atoms with Gasteiger partial charge in [-0.25, -0.2) is 0 Å². The minimum Gasteiger partial charge on any atom is -0.508 e. The van der Waals surface area contributed by atoms with Crippen LogP contribution in [0.1, 0.15) is 81.9 Å². The lowest BCUT2D eigenvalue weighted by Crippen LogP contribution is -2.63. The zero-order valence-corrected chi connectivity index (χ0v) is 23.8. The van der Waals surface area contributed by atoms with E-state index in [1.165, 1.54) is 19.3 Å². The smallest absolute Gasteiger partial charge is 0.255 e. The average Bonchev–Trinajstić information content (AvgIpc) is 2.91. The second-order valence-corrected chi connectivity index (χ2v) is 12.8. The van der Waals surface area contributed by atoms with Gasteiger partial charge in [-0.15, -0.1) is 0 Å². The van der Waals surface area contributed by atoms with E-state index in [-0.39, 0.29) is 16.9 Å². The fourth-order valence-electron chi connectivity index (χ4n) is 7.61. The van der Waals surface area contributed by atoms with Gasteiger partial charge in [0.2, 0.25) is 5.78 Å². The largest absolute Gasteiger partial charge is 0.508 e. The summed E-state index contributed by atoms with van der Waals surface area (Å²) in [4.78, 5) is 40.8. The summed E-state index contributed by atoms with van der Waals surface area (Å²) in [5, 5.41) is 56.7. The maximum atomic E-state index is 13.9. The summed E-state index contributed by atoms with van der Waals surface area (Å²) in [6.07, 6.45) is 3.24. The number of Topliss-reactive ketones (excluding diaryl/α,β-unsaturated/α-hetero) is 2. The normalized spacial score (nSPS) is 30.7. The van der Waals surface area contributed by atoms with Gasteiger partial charge in [-0.1, -0.05) is 39.3 Å². The van der Waals surface area contributed by atoms with Crippen LogP contribution in [0, 0.1) is 11.8 Å². The number of phenols is 1. The molecular formula is C31H40N2O8. The van der Waals surface area contributed by atoms with Gasteiger partial charge in [0.05, 0.1) is 11.7 Å². The Morgan fingerprint density at radius 1 is 1.12 bits per heavy atom. The number of aliphatic hydroxyl groups excluding tert-OH is 3. The number of nitrogens with two attached hydrogens (primary N) is 1. The maximum Gasteiger partial charge on any atom is 0.255 e. The number of ketones is 2. The number of phenolic OH excluding ortho intramolecular Hbond substituents is 1. The van der Waals surface area contributed by atoms with Gasteiger partial charge in [-0.2, -0.15) is 0 Å². The van der Waals surface area contributed by atoms with Crippen LogP contribution in [0.2, 0.25) is 0 Å². The first-order valence-corrected chi connectivity index (χ1v) is 14.5. The second-order valence-electron chi connectivity index (χ2n) is 12.8. The highest BCUT2D eigenvalue weighted by Crippen LogP contribution is 2.56. The van der Waals surface area contributed by atoms with Crippen molar-refractivity contribution < 1.29 is 39.9 Å². The van der Waals surface area contributed by atoms with E-state index >= 15 is 0 Å². The molecular weight excluding hydrogens is 528 g/mol. The van der Waals surface area contributed by atoms with E-state index in [2.05, 4.69) is 4.90 Å². The molecule has 3 aliphatic carbocycles. The Morgan fingerprint density at radius 2 is 1.78 bits per heavy atom. The minimum atomic E-state index is -2.84. The molecule has 1 saturated heterocycles. The van der Waals surface area contributed by atoms with Crippen LogP contribution >= 0.6 is 0 Å². The molecule has 41 heavy (non-hydrogen) atoms. The molecule has 10 heteroatoms. The lowest BCUT2D eigenvalue weighted by molar-refractivity contribution is -0.160. The van der Waals surface area contributed by atoms with Crippen LogP contribution in [-0.2, 0) is 19.8 Å². The molecule has 0 spiro atoms. The highest BCUT2D eigenvalue weighted by Gasteiger charge is 2.65. The summed E-state index contributed by atoms with van der Waals surface area (Å²) < 4.78 is 0. The molecule has 0 radical (unpaired) electrons. The molecule has 1 aromatic rings. The van der Waals surface area contributed by atoms with E-state index < -0.39 is 75.9 Å². The zero-order valence-electron chi connectivity index (χ0n) is 23.8. The second kappa shape index (κ2) is 10.3. The van der Waals surface area contributed by atoms with Gasteiger partial charge >= 0.3 is 0 Å². The van der Waals surface area contributed by atoms with Gasteiger partial charge in [-0.3, -0.25) is 14.4 Å². The molecule has 5 rings (SSSR count). The number of hydrogen-bond donors (Lipinski definition) is 6. The lowest BCUT2D eigenvalue weighted by Gasteiger charge is -2.50. The quantitative estimate of drug-likeness (QED) is 0.281. The molecule has 0 aromatic heterocycles. The van der Waals surface area contributed by atoms with Gasteiger partial charge in [0.15, 0.2) is 11.4 Å². The number of nitrogens with zero attached hydrogens (tertiary/aromatic N) is 1. The summed E-state index contributed by atoms with van der Waals surface area (Å²) in [6.45, 7) is 8.91. The first-order chi connectivity index (χ1) is 19.2. The van der Waals surface area contributed by atoms with E-state index in [1.54, 1.807) is 13.0 Å². The van der Waals surface area contributed by atoms with E-state index in [1.807, 2.05) is 19.9 Å². The molecule has 1 saturated carbocycles. The number of fused-ring (bicyclic) bond motifs is 3. The topological polar surface area (TPSA) is 182 Å². The van der Waals surface area contributed by atoms with Crippen LogP contribution in [0.15, 0.2) is 29.0 Å². The predicted molar refractivity (Wildman–Crippen MR) is 150 cm³/mol. The number of aliphatic hydroxyl groups is 4.